The van der Waals surface area contributed by atoms with Gasteiger partial charge in [0.2, 0.25) is 0 Å². The maximum Gasteiger partial charge on any atom is 0.0411 e. The van der Waals surface area contributed by atoms with Crippen molar-refractivity contribution in [3.05, 3.63) is 28.6 Å². The lowest BCUT2D eigenvalue weighted by Crippen LogP contribution is -1.90. The largest absolute Gasteiger partial charge is 0.358 e. The molecule has 0 aliphatic heterocycles. The highest BCUT2D eigenvalue weighted by Gasteiger charge is 2.09. The molecular formula is C13H21N. The summed E-state index contributed by atoms with van der Waals surface area (Å²) in [6, 6.07) is 0. The maximum atomic E-state index is 3.52. The van der Waals surface area contributed by atoms with Gasteiger partial charge in [-0.25, -0.2) is 0 Å². The highest BCUT2D eigenvalue weighted by atomic mass is 14.7. The first kappa shape index (κ1) is 11.1. The summed E-state index contributed by atoms with van der Waals surface area (Å²) in [5.41, 5.74) is 5.65. The zero-order valence-electron chi connectivity index (χ0n) is 9.78. The summed E-state index contributed by atoms with van der Waals surface area (Å²) >= 11 is 0. The first-order valence-electron chi connectivity index (χ1n) is 5.57. The number of allylic oxidation sites excluding steroid dienone is 1. The van der Waals surface area contributed by atoms with Crippen molar-refractivity contribution in [1.82, 2.24) is 4.98 Å². The Bertz CT molecular complexity index is 318. The van der Waals surface area contributed by atoms with E-state index in [-0.39, 0.29) is 0 Å². The predicted molar refractivity (Wildman–Crippen MR) is 63.6 cm³/mol. The van der Waals surface area contributed by atoms with Gasteiger partial charge in [0.15, 0.2) is 0 Å². The molecule has 1 aromatic heterocycles. The Morgan fingerprint density at radius 3 is 2.50 bits per heavy atom. The number of rotatable bonds is 4. The highest BCUT2D eigenvalue weighted by Crippen LogP contribution is 2.21. The average Bonchev–Trinajstić information content (AvgIpc) is 2.45. The van der Waals surface area contributed by atoms with Crippen molar-refractivity contribution in [3.63, 3.8) is 0 Å². The summed E-state index contributed by atoms with van der Waals surface area (Å²) in [5.74, 6) is 0. The number of nitrogens with one attached hydrogen (secondary N) is 1. The molecule has 0 saturated carbocycles. The van der Waals surface area contributed by atoms with Crippen molar-refractivity contribution in [3.8, 4) is 0 Å². The third kappa shape index (κ3) is 2.09. The summed E-state index contributed by atoms with van der Waals surface area (Å²) in [5, 5.41) is 0. The van der Waals surface area contributed by atoms with Crippen LogP contribution in [-0.4, -0.2) is 4.98 Å². The van der Waals surface area contributed by atoms with Gasteiger partial charge in [-0.1, -0.05) is 26.3 Å². The van der Waals surface area contributed by atoms with Crippen LogP contribution in [0.5, 0.6) is 0 Å². The van der Waals surface area contributed by atoms with E-state index in [4.69, 9.17) is 0 Å². The van der Waals surface area contributed by atoms with Gasteiger partial charge in [-0.15, -0.1) is 0 Å². The lowest BCUT2D eigenvalue weighted by atomic mass is 10.1. The van der Waals surface area contributed by atoms with Crippen molar-refractivity contribution >= 4 is 6.08 Å². The van der Waals surface area contributed by atoms with Gasteiger partial charge in [-0.3, -0.25) is 0 Å². The van der Waals surface area contributed by atoms with E-state index < -0.39 is 0 Å². The van der Waals surface area contributed by atoms with E-state index in [1.54, 1.807) is 0 Å². The van der Waals surface area contributed by atoms with Crippen molar-refractivity contribution in [1.29, 1.82) is 0 Å². The number of aromatic nitrogens is 1. The fourth-order valence-electron chi connectivity index (χ4n) is 2.00. The molecule has 0 saturated heterocycles. The SMILES string of the molecule is C/C=C\c1[nH]c(CCC)c(CC)c1C. The minimum Gasteiger partial charge on any atom is -0.358 e. The lowest BCUT2D eigenvalue weighted by molar-refractivity contribution is 0.871. The minimum absolute atomic E-state index is 1.13. The quantitative estimate of drug-likeness (QED) is 0.743. The molecule has 14 heavy (non-hydrogen) atoms. The Morgan fingerprint density at radius 1 is 1.29 bits per heavy atom. The molecule has 1 heterocycles. The summed E-state index contributed by atoms with van der Waals surface area (Å²) in [6.07, 6.45) is 7.76. The Morgan fingerprint density at radius 2 is 2.00 bits per heavy atom. The molecular weight excluding hydrogens is 170 g/mol. The van der Waals surface area contributed by atoms with Crippen LogP contribution in [0.2, 0.25) is 0 Å². The molecule has 1 heteroatoms. The van der Waals surface area contributed by atoms with E-state index in [1.165, 1.54) is 35.4 Å². The summed E-state index contributed by atoms with van der Waals surface area (Å²) in [4.78, 5) is 3.52. The number of hydrogen-bond donors (Lipinski definition) is 1. The summed E-state index contributed by atoms with van der Waals surface area (Å²) < 4.78 is 0. The summed E-state index contributed by atoms with van der Waals surface area (Å²) in [7, 11) is 0. The fraction of sp³-hybridized carbons (Fsp3) is 0.538. The van der Waals surface area contributed by atoms with Crippen molar-refractivity contribution in [2.24, 2.45) is 0 Å². The van der Waals surface area contributed by atoms with Gasteiger partial charge in [0.05, 0.1) is 0 Å². The van der Waals surface area contributed by atoms with Gasteiger partial charge in [0.25, 0.3) is 0 Å². The molecule has 0 spiro atoms. The van der Waals surface area contributed by atoms with Gasteiger partial charge in [0, 0.05) is 11.4 Å². The van der Waals surface area contributed by atoms with Crippen LogP contribution < -0.4 is 0 Å². The van der Waals surface area contributed by atoms with Crippen molar-refractivity contribution in [2.75, 3.05) is 0 Å². The van der Waals surface area contributed by atoms with Gasteiger partial charge < -0.3 is 4.98 Å². The molecule has 0 atom stereocenters. The number of hydrogen-bond acceptors (Lipinski definition) is 0. The molecule has 0 fully saturated rings. The molecule has 1 N–H and O–H groups in total. The molecule has 0 aromatic carbocycles. The van der Waals surface area contributed by atoms with E-state index in [9.17, 15) is 0 Å². The molecule has 0 aliphatic rings. The number of aromatic amines is 1. The van der Waals surface area contributed by atoms with Gasteiger partial charge in [-0.2, -0.15) is 0 Å². The smallest absolute Gasteiger partial charge is 0.0411 e. The third-order valence-electron chi connectivity index (χ3n) is 2.69. The molecule has 1 nitrogen and oxygen atoms in total. The Labute approximate surface area is 87.2 Å². The standard InChI is InChI=1S/C13H21N/c1-5-8-12-10(4)11(7-3)13(14-12)9-6-2/h5,8,14H,6-7,9H2,1-4H3/b8-5-. The molecule has 0 bridgehead atoms. The van der Waals surface area contributed by atoms with E-state index >= 15 is 0 Å². The first-order chi connectivity index (χ1) is 6.74. The minimum atomic E-state index is 1.13. The normalized spacial score (nSPS) is 11.4. The van der Waals surface area contributed by atoms with E-state index in [0.29, 0.717) is 0 Å². The Kier molecular flexibility index (Phi) is 3.99. The maximum absolute atomic E-state index is 3.52. The second-order valence-corrected chi connectivity index (χ2v) is 3.72. The van der Waals surface area contributed by atoms with Gasteiger partial charge in [0.1, 0.15) is 0 Å². The van der Waals surface area contributed by atoms with Crippen LogP contribution >= 0.6 is 0 Å². The second-order valence-electron chi connectivity index (χ2n) is 3.72. The van der Waals surface area contributed by atoms with Crippen LogP contribution in [0.3, 0.4) is 0 Å². The summed E-state index contributed by atoms with van der Waals surface area (Å²) in [6.45, 7) is 8.73. The zero-order valence-corrected chi connectivity index (χ0v) is 9.78. The molecule has 0 amide bonds. The predicted octanol–water partition coefficient (Wildman–Crippen LogP) is 3.87. The molecule has 1 aromatic rings. The van der Waals surface area contributed by atoms with E-state index in [2.05, 4.69) is 44.8 Å². The van der Waals surface area contributed by atoms with Crippen LogP contribution in [-0.2, 0) is 12.8 Å². The topological polar surface area (TPSA) is 15.8 Å². The Hall–Kier alpha value is -0.980. The van der Waals surface area contributed by atoms with Crippen LogP contribution in [0.25, 0.3) is 6.08 Å². The monoisotopic (exact) mass is 191 g/mol. The molecule has 78 valence electrons. The van der Waals surface area contributed by atoms with E-state index in [1.807, 2.05) is 0 Å². The lowest BCUT2D eigenvalue weighted by Gasteiger charge is -1.99. The van der Waals surface area contributed by atoms with Crippen molar-refractivity contribution < 1.29 is 0 Å². The van der Waals surface area contributed by atoms with Crippen LogP contribution in [0.15, 0.2) is 6.08 Å². The third-order valence-corrected chi connectivity index (χ3v) is 2.69. The zero-order chi connectivity index (χ0) is 10.6. The average molecular weight is 191 g/mol. The molecule has 0 unspecified atom stereocenters. The fourth-order valence-corrected chi connectivity index (χ4v) is 2.00. The van der Waals surface area contributed by atoms with Crippen molar-refractivity contribution in [2.45, 2.75) is 47.0 Å². The highest BCUT2D eigenvalue weighted by molar-refractivity contribution is 5.54. The molecule has 1 rings (SSSR count). The second kappa shape index (κ2) is 5.04. The molecule has 0 aliphatic carbocycles. The first-order valence-corrected chi connectivity index (χ1v) is 5.57. The number of H-pyrrole nitrogens is 1. The Balaban J connectivity index is 3.10. The van der Waals surface area contributed by atoms with Crippen LogP contribution in [0.4, 0.5) is 0 Å². The van der Waals surface area contributed by atoms with Crippen LogP contribution in [0.1, 0.15) is 49.7 Å². The van der Waals surface area contributed by atoms with Gasteiger partial charge >= 0.3 is 0 Å². The van der Waals surface area contributed by atoms with Crippen LogP contribution in [0, 0.1) is 6.92 Å². The van der Waals surface area contributed by atoms with Gasteiger partial charge in [-0.05, 0) is 43.9 Å². The number of aryl methyl sites for hydroxylation is 1. The van der Waals surface area contributed by atoms with E-state index in [0.717, 1.165) is 6.42 Å². The molecule has 0 radical (unpaired) electrons.